The molecular formula is C18H32N4O. The molecule has 1 aromatic heterocycles. The molecule has 5 heteroatoms. The van der Waals surface area contributed by atoms with Gasteiger partial charge in [-0.25, -0.2) is 0 Å². The van der Waals surface area contributed by atoms with Crippen molar-refractivity contribution >= 4 is 0 Å². The number of aromatic nitrogens is 2. The third-order valence-electron chi connectivity index (χ3n) is 5.31. The van der Waals surface area contributed by atoms with Crippen LogP contribution in [0, 0.1) is 5.92 Å². The van der Waals surface area contributed by atoms with Crippen molar-refractivity contribution in [2.75, 3.05) is 0 Å². The Bertz CT molecular complexity index is 529. The highest BCUT2D eigenvalue weighted by molar-refractivity contribution is 5.15. The molecule has 3 N–H and O–H groups in total. The molecule has 23 heavy (non-hydrogen) atoms. The fraction of sp³-hybridized carbons (Fsp3) is 0.833. The molecule has 1 atom stereocenters. The third-order valence-corrected chi connectivity index (χ3v) is 5.31. The van der Waals surface area contributed by atoms with Crippen molar-refractivity contribution < 1.29 is 5.11 Å². The van der Waals surface area contributed by atoms with Crippen LogP contribution in [0.15, 0.2) is 12.4 Å². The van der Waals surface area contributed by atoms with Crippen LogP contribution in [0.4, 0.5) is 0 Å². The minimum atomic E-state index is -0.123. The number of hydrogen-bond acceptors (Lipinski definition) is 4. The van der Waals surface area contributed by atoms with Crippen LogP contribution in [0.3, 0.4) is 0 Å². The molecule has 0 amide bonds. The molecule has 1 saturated carbocycles. The van der Waals surface area contributed by atoms with Gasteiger partial charge in [-0.1, -0.05) is 0 Å². The van der Waals surface area contributed by atoms with Crippen molar-refractivity contribution in [3.05, 3.63) is 18.0 Å². The second-order valence-corrected chi connectivity index (χ2v) is 8.97. The van der Waals surface area contributed by atoms with E-state index in [9.17, 15) is 5.11 Å². The maximum atomic E-state index is 9.73. The van der Waals surface area contributed by atoms with Gasteiger partial charge < -0.3 is 15.7 Å². The summed E-state index contributed by atoms with van der Waals surface area (Å²) >= 11 is 0. The average Bonchev–Trinajstić information content (AvgIpc) is 2.75. The zero-order valence-electron chi connectivity index (χ0n) is 15.1. The van der Waals surface area contributed by atoms with Gasteiger partial charge in [-0.05, 0) is 59.3 Å². The topological polar surface area (TPSA) is 62.1 Å². The number of nitrogens with one attached hydrogen (secondary N) is 2. The van der Waals surface area contributed by atoms with Crippen molar-refractivity contribution in [2.24, 2.45) is 13.0 Å². The summed E-state index contributed by atoms with van der Waals surface area (Å²) in [6.07, 6.45) is 7.97. The second-order valence-electron chi connectivity index (χ2n) is 8.97. The van der Waals surface area contributed by atoms with Crippen LogP contribution in [0.1, 0.15) is 65.0 Å². The van der Waals surface area contributed by atoms with E-state index >= 15 is 0 Å². The molecule has 1 aromatic rings. The fourth-order valence-electron chi connectivity index (χ4n) is 4.70. The lowest BCUT2D eigenvalue weighted by molar-refractivity contribution is 0.0171. The summed E-state index contributed by atoms with van der Waals surface area (Å²) in [5, 5.41) is 21.7. The second kappa shape index (κ2) is 5.87. The molecule has 0 spiro atoms. The van der Waals surface area contributed by atoms with Gasteiger partial charge in [0.2, 0.25) is 0 Å². The SMILES string of the molecule is Cn1cc(C(NC2CC(C)(C)NC(C)(C)C2)C2CC(O)C2)cn1. The smallest absolute Gasteiger partial charge is 0.0547 e. The standard InChI is InChI=1S/C18H32N4O/c1-17(2)8-14(9-18(3,4)21-17)20-16(12-6-15(23)7-12)13-10-19-22(5)11-13/h10-12,14-16,20-21,23H,6-9H2,1-5H3. The van der Waals surface area contributed by atoms with Crippen LogP contribution in [0.5, 0.6) is 0 Å². The van der Waals surface area contributed by atoms with Crippen molar-refractivity contribution in [3.8, 4) is 0 Å². The Balaban J connectivity index is 1.75. The molecule has 2 heterocycles. The van der Waals surface area contributed by atoms with Crippen LogP contribution >= 0.6 is 0 Å². The molecule has 1 aliphatic carbocycles. The number of aliphatic hydroxyl groups excluding tert-OH is 1. The van der Waals surface area contributed by atoms with E-state index in [-0.39, 0.29) is 17.2 Å². The van der Waals surface area contributed by atoms with Gasteiger partial charge in [0.25, 0.3) is 0 Å². The minimum absolute atomic E-state index is 0.123. The molecule has 0 bridgehead atoms. The van der Waals surface area contributed by atoms with E-state index < -0.39 is 0 Å². The van der Waals surface area contributed by atoms with Crippen molar-refractivity contribution in [1.82, 2.24) is 20.4 Å². The van der Waals surface area contributed by atoms with E-state index in [4.69, 9.17) is 0 Å². The fourth-order valence-corrected chi connectivity index (χ4v) is 4.70. The summed E-state index contributed by atoms with van der Waals surface area (Å²) in [4.78, 5) is 0. The zero-order valence-corrected chi connectivity index (χ0v) is 15.1. The highest BCUT2D eigenvalue weighted by atomic mass is 16.3. The van der Waals surface area contributed by atoms with Gasteiger partial charge in [-0.2, -0.15) is 5.10 Å². The summed E-state index contributed by atoms with van der Waals surface area (Å²) in [6.45, 7) is 9.15. The normalized spacial score (nSPS) is 31.6. The highest BCUT2D eigenvalue weighted by Crippen LogP contribution is 2.39. The molecule has 2 aliphatic rings. The lowest BCUT2D eigenvalue weighted by Gasteiger charge is -2.49. The maximum absolute atomic E-state index is 9.73. The van der Waals surface area contributed by atoms with E-state index in [1.165, 1.54) is 5.56 Å². The Morgan fingerprint density at radius 2 is 1.87 bits per heavy atom. The molecule has 2 fully saturated rings. The number of rotatable bonds is 4. The summed E-state index contributed by atoms with van der Waals surface area (Å²) in [5.41, 5.74) is 1.52. The lowest BCUT2D eigenvalue weighted by atomic mass is 9.74. The monoisotopic (exact) mass is 320 g/mol. The van der Waals surface area contributed by atoms with Gasteiger partial charge >= 0.3 is 0 Å². The summed E-state index contributed by atoms with van der Waals surface area (Å²) in [5.74, 6) is 0.510. The Kier molecular flexibility index (Phi) is 4.32. The highest BCUT2D eigenvalue weighted by Gasteiger charge is 2.41. The Labute approximate surface area is 139 Å². The first-order valence-electron chi connectivity index (χ1n) is 8.86. The van der Waals surface area contributed by atoms with Crippen LogP contribution < -0.4 is 10.6 Å². The number of hydrogen-bond donors (Lipinski definition) is 3. The molecule has 130 valence electrons. The zero-order chi connectivity index (χ0) is 16.8. The van der Waals surface area contributed by atoms with Crippen molar-refractivity contribution in [1.29, 1.82) is 0 Å². The van der Waals surface area contributed by atoms with Crippen LogP contribution in [-0.2, 0) is 7.05 Å². The molecule has 5 nitrogen and oxygen atoms in total. The van der Waals surface area contributed by atoms with Gasteiger partial charge in [0.1, 0.15) is 0 Å². The molecule has 0 aromatic carbocycles. The van der Waals surface area contributed by atoms with Gasteiger partial charge in [0.15, 0.2) is 0 Å². The molecule has 3 rings (SSSR count). The predicted molar refractivity (Wildman–Crippen MR) is 92.1 cm³/mol. The van der Waals surface area contributed by atoms with Gasteiger partial charge in [0.05, 0.1) is 12.3 Å². The van der Waals surface area contributed by atoms with E-state index in [1.807, 2.05) is 17.9 Å². The van der Waals surface area contributed by atoms with Crippen molar-refractivity contribution in [3.63, 3.8) is 0 Å². The largest absolute Gasteiger partial charge is 0.393 e. The maximum Gasteiger partial charge on any atom is 0.0547 e. The summed E-state index contributed by atoms with van der Waals surface area (Å²) in [7, 11) is 1.97. The summed E-state index contributed by atoms with van der Waals surface area (Å²) < 4.78 is 1.87. The first-order valence-corrected chi connectivity index (χ1v) is 8.86. The van der Waals surface area contributed by atoms with Crippen LogP contribution in [-0.4, -0.2) is 38.1 Å². The third kappa shape index (κ3) is 3.95. The number of piperidine rings is 1. The van der Waals surface area contributed by atoms with Crippen LogP contribution in [0.2, 0.25) is 0 Å². The van der Waals surface area contributed by atoms with Crippen LogP contribution in [0.25, 0.3) is 0 Å². The molecule has 1 aliphatic heterocycles. The van der Waals surface area contributed by atoms with Crippen molar-refractivity contribution in [2.45, 2.75) is 82.6 Å². The van der Waals surface area contributed by atoms with E-state index in [2.05, 4.69) is 49.6 Å². The Hall–Kier alpha value is -0.910. The average molecular weight is 320 g/mol. The number of aryl methyl sites for hydroxylation is 1. The molecule has 1 saturated heterocycles. The summed E-state index contributed by atoms with van der Waals surface area (Å²) in [6, 6.07) is 0.769. The lowest BCUT2D eigenvalue weighted by Crippen LogP contribution is -2.62. The van der Waals surface area contributed by atoms with Gasteiger partial charge in [0, 0.05) is 42.0 Å². The van der Waals surface area contributed by atoms with Gasteiger partial charge in [-0.3, -0.25) is 4.68 Å². The number of aliphatic hydroxyl groups is 1. The minimum Gasteiger partial charge on any atom is -0.393 e. The number of nitrogens with zero attached hydrogens (tertiary/aromatic N) is 2. The Morgan fingerprint density at radius 1 is 1.26 bits per heavy atom. The Morgan fingerprint density at radius 3 is 2.35 bits per heavy atom. The van der Waals surface area contributed by atoms with Gasteiger partial charge in [-0.15, -0.1) is 0 Å². The first kappa shape index (κ1) is 16.9. The predicted octanol–water partition coefficient (Wildman–Crippen LogP) is 2.13. The molecule has 1 unspecified atom stereocenters. The van der Waals surface area contributed by atoms with E-state index in [0.29, 0.717) is 18.0 Å². The van der Waals surface area contributed by atoms with E-state index in [0.717, 1.165) is 25.7 Å². The molecule has 0 radical (unpaired) electrons. The molecular weight excluding hydrogens is 288 g/mol. The first-order chi connectivity index (χ1) is 10.6. The quantitative estimate of drug-likeness (QED) is 0.795. The van der Waals surface area contributed by atoms with E-state index in [1.54, 1.807) is 0 Å².